The number of hydrogen-bond acceptors (Lipinski definition) is 6. The molecule has 1 unspecified atom stereocenters. The van der Waals surface area contributed by atoms with Crippen molar-refractivity contribution >= 4 is 17.6 Å². The molecule has 1 atom stereocenters. The van der Waals surface area contributed by atoms with E-state index in [1.54, 1.807) is 0 Å². The Morgan fingerprint density at radius 1 is 1.28 bits per heavy atom. The SMILES string of the molecule is CC(C)(C)OC(=O)CC1=NC2(CO1)c1cc(N)ccc1OCC21CC1. The first kappa shape index (κ1) is 16.2. The smallest absolute Gasteiger partial charge is 0.315 e. The lowest BCUT2D eigenvalue weighted by Crippen LogP contribution is -2.44. The van der Waals surface area contributed by atoms with E-state index in [1.807, 2.05) is 39.0 Å². The molecule has 0 bridgehead atoms. The summed E-state index contributed by atoms with van der Waals surface area (Å²) in [6, 6.07) is 5.65. The molecule has 1 fully saturated rings. The van der Waals surface area contributed by atoms with Crippen LogP contribution in [0.4, 0.5) is 5.69 Å². The molecule has 2 heterocycles. The van der Waals surface area contributed by atoms with Gasteiger partial charge in [0.2, 0.25) is 0 Å². The van der Waals surface area contributed by atoms with Crippen LogP contribution in [0.1, 0.15) is 45.6 Å². The number of carbonyl (C=O) groups excluding carboxylic acids is 1. The summed E-state index contributed by atoms with van der Waals surface area (Å²) in [5.41, 5.74) is 6.57. The summed E-state index contributed by atoms with van der Waals surface area (Å²) in [4.78, 5) is 17.0. The van der Waals surface area contributed by atoms with Crippen LogP contribution in [0.5, 0.6) is 5.75 Å². The van der Waals surface area contributed by atoms with Gasteiger partial charge >= 0.3 is 5.97 Å². The molecule has 1 aliphatic carbocycles. The molecule has 1 aromatic carbocycles. The fourth-order valence-corrected chi connectivity index (χ4v) is 3.79. The van der Waals surface area contributed by atoms with Crippen molar-refractivity contribution < 1.29 is 19.0 Å². The third kappa shape index (κ3) is 2.64. The maximum Gasteiger partial charge on any atom is 0.315 e. The first-order valence-electron chi connectivity index (χ1n) is 8.69. The Balaban J connectivity index is 1.67. The number of carbonyl (C=O) groups is 1. The third-order valence-electron chi connectivity index (χ3n) is 5.16. The van der Waals surface area contributed by atoms with Gasteiger partial charge in [-0.1, -0.05) is 0 Å². The molecule has 0 radical (unpaired) electrons. The molecule has 1 saturated carbocycles. The second kappa shape index (κ2) is 5.13. The zero-order valence-corrected chi connectivity index (χ0v) is 14.9. The minimum Gasteiger partial charge on any atom is -0.493 e. The van der Waals surface area contributed by atoms with Crippen LogP contribution >= 0.6 is 0 Å². The molecule has 0 saturated heterocycles. The quantitative estimate of drug-likeness (QED) is 0.659. The normalized spacial score (nSPS) is 25.8. The van der Waals surface area contributed by atoms with Gasteiger partial charge in [0.15, 0.2) is 5.90 Å². The number of nitrogen functional groups attached to an aromatic ring is 1. The zero-order valence-electron chi connectivity index (χ0n) is 14.9. The van der Waals surface area contributed by atoms with E-state index < -0.39 is 11.1 Å². The topological polar surface area (TPSA) is 83.1 Å². The predicted molar refractivity (Wildman–Crippen MR) is 93.5 cm³/mol. The molecule has 4 rings (SSSR count). The Kier molecular flexibility index (Phi) is 3.33. The number of fused-ring (bicyclic) bond motifs is 3. The molecule has 2 N–H and O–H groups in total. The van der Waals surface area contributed by atoms with Crippen LogP contribution in [-0.2, 0) is 19.8 Å². The molecule has 2 aliphatic heterocycles. The van der Waals surface area contributed by atoms with Gasteiger partial charge in [0.1, 0.15) is 29.9 Å². The van der Waals surface area contributed by atoms with E-state index in [2.05, 4.69) is 0 Å². The third-order valence-corrected chi connectivity index (χ3v) is 5.16. The second-order valence-corrected chi connectivity index (χ2v) is 8.24. The van der Waals surface area contributed by atoms with Crippen LogP contribution in [0.3, 0.4) is 0 Å². The van der Waals surface area contributed by atoms with Crippen molar-refractivity contribution in [3.8, 4) is 5.75 Å². The lowest BCUT2D eigenvalue weighted by Gasteiger charge is -2.39. The molecule has 6 nitrogen and oxygen atoms in total. The molecular weight excluding hydrogens is 320 g/mol. The second-order valence-electron chi connectivity index (χ2n) is 8.24. The molecule has 134 valence electrons. The van der Waals surface area contributed by atoms with Gasteiger partial charge in [-0.2, -0.15) is 0 Å². The molecule has 1 aromatic rings. The van der Waals surface area contributed by atoms with Gasteiger partial charge in [0.25, 0.3) is 0 Å². The maximum absolute atomic E-state index is 12.1. The molecule has 2 spiro atoms. The molecule has 3 aliphatic rings. The lowest BCUT2D eigenvalue weighted by molar-refractivity contribution is -0.153. The minimum absolute atomic E-state index is 0.0492. The van der Waals surface area contributed by atoms with E-state index in [4.69, 9.17) is 24.9 Å². The Morgan fingerprint density at radius 3 is 2.72 bits per heavy atom. The Labute approximate surface area is 147 Å². The highest BCUT2D eigenvalue weighted by atomic mass is 16.6. The molecule has 0 aromatic heterocycles. The minimum atomic E-state index is -0.522. The van der Waals surface area contributed by atoms with Gasteiger partial charge in [-0.3, -0.25) is 4.79 Å². The van der Waals surface area contributed by atoms with Gasteiger partial charge in [-0.25, -0.2) is 4.99 Å². The van der Waals surface area contributed by atoms with Gasteiger partial charge in [0, 0.05) is 16.7 Å². The Hall–Kier alpha value is -2.24. The van der Waals surface area contributed by atoms with Crippen molar-refractivity contribution in [1.29, 1.82) is 0 Å². The summed E-state index contributed by atoms with van der Waals surface area (Å²) in [5, 5.41) is 0. The lowest BCUT2D eigenvalue weighted by atomic mass is 9.74. The summed E-state index contributed by atoms with van der Waals surface area (Å²) in [6.07, 6.45) is 2.12. The van der Waals surface area contributed by atoms with Crippen molar-refractivity contribution in [2.45, 2.75) is 51.2 Å². The number of nitrogens with two attached hydrogens (primary N) is 1. The van der Waals surface area contributed by atoms with E-state index in [1.165, 1.54) is 0 Å². The van der Waals surface area contributed by atoms with Gasteiger partial charge < -0.3 is 19.9 Å². The number of aliphatic imine (C=N–C) groups is 1. The van der Waals surface area contributed by atoms with Crippen molar-refractivity contribution in [2.24, 2.45) is 10.4 Å². The van der Waals surface area contributed by atoms with Crippen molar-refractivity contribution in [1.82, 2.24) is 0 Å². The van der Waals surface area contributed by atoms with Crippen LogP contribution in [0.25, 0.3) is 0 Å². The van der Waals surface area contributed by atoms with Crippen molar-refractivity contribution in [3.63, 3.8) is 0 Å². The number of rotatable bonds is 2. The average Bonchev–Trinajstić information content (AvgIpc) is 3.17. The van der Waals surface area contributed by atoms with E-state index in [-0.39, 0.29) is 17.8 Å². The van der Waals surface area contributed by atoms with Gasteiger partial charge in [-0.15, -0.1) is 0 Å². The summed E-state index contributed by atoms with van der Waals surface area (Å²) in [7, 11) is 0. The number of nitrogens with zero attached hydrogens (tertiary/aromatic N) is 1. The zero-order chi connectivity index (χ0) is 17.9. The molecule has 25 heavy (non-hydrogen) atoms. The predicted octanol–water partition coefficient (Wildman–Crippen LogP) is 2.80. The molecule has 6 heteroatoms. The van der Waals surface area contributed by atoms with Crippen molar-refractivity contribution in [3.05, 3.63) is 23.8 Å². The van der Waals surface area contributed by atoms with Gasteiger partial charge in [0.05, 0.1) is 6.61 Å². The number of anilines is 1. The van der Waals surface area contributed by atoms with E-state index in [0.717, 1.165) is 24.2 Å². The van der Waals surface area contributed by atoms with Gasteiger partial charge in [-0.05, 0) is 51.8 Å². The van der Waals surface area contributed by atoms with Crippen LogP contribution < -0.4 is 10.5 Å². The fraction of sp³-hybridized carbons (Fsp3) is 0.579. The average molecular weight is 344 g/mol. The summed E-state index contributed by atoms with van der Waals surface area (Å²) < 4.78 is 17.2. The number of esters is 1. The highest BCUT2D eigenvalue weighted by Crippen LogP contribution is 2.65. The standard InChI is InChI=1S/C19H24N2O4/c1-17(2,3)25-16(22)9-15-21-19(11-24-15)13-8-12(20)4-5-14(13)23-10-18(19)6-7-18/h4-5,8H,6-7,9-11,20H2,1-3H3. The summed E-state index contributed by atoms with van der Waals surface area (Å²) >= 11 is 0. The molecule has 0 amide bonds. The van der Waals surface area contributed by atoms with E-state index in [0.29, 0.717) is 24.8 Å². The van der Waals surface area contributed by atoms with Crippen LogP contribution in [0, 0.1) is 5.41 Å². The monoisotopic (exact) mass is 344 g/mol. The summed E-state index contributed by atoms with van der Waals surface area (Å²) in [5.74, 6) is 0.918. The highest BCUT2D eigenvalue weighted by Gasteiger charge is 2.66. The van der Waals surface area contributed by atoms with Crippen LogP contribution in [0.15, 0.2) is 23.2 Å². The number of benzene rings is 1. The number of hydrogen-bond donors (Lipinski definition) is 1. The maximum atomic E-state index is 12.1. The first-order chi connectivity index (χ1) is 11.7. The largest absolute Gasteiger partial charge is 0.493 e. The highest BCUT2D eigenvalue weighted by molar-refractivity contribution is 5.95. The first-order valence-corrected chi connectivity index (χ1v) is 8.69. The summed E-state index contributed by atoms with van der Waals surface area (Å²) in [6.45, 7) is 6.59. The number of ether oxygens (including phenoxy) is 3. The van der Waals surface area contributed by atoms with E-state index >= 15 is 0 Å². The Morgan fingerprint density at radius 2 is 2.04 bits per heavy atom. The van der Waals surface area contributed by atoms with Crippen molar-refractivity contribution in [2.75, 3.05) is 18.9 Å². The fourth-order valence-electron chi connectivity index (χ4n) is 3.79. The van der Waals surface area contributed by atoms with E-state index in [9.17, 15) is 4.79 Å². The molecular formula is C19H24N2O4. The van der Waals surface area contributed by atoms with Crippen LogP contribution in [0.2, 0.25) is 0 Å². The Bertz CT molecular complexity index is 761. The van der Waals surface area contributed by atoms with Crippen LogP contribution in [-0.4, -0.2) is 30.7 Å².